The summed E-state index contributed by atoms with van der Waals surface area (Å²) in [6.45, 7) is 1.13. The molecule has 0 amide bonds. The van der Waals surface area contributed by atoms with E-state index in [1.807, 2.05) is 35.2 Å². The largest absolute Gasteiger partial charge is 0.358 e. The van der Waals surface area contributed by atoms with Crippen molar-refractivity contribution in [1.29, 1.82) is 0 Å². The van der Waals surface area contributed by atoms with E-state index in [0.717, 1.165) is 29.1 Å². The zero-order valence-corrected chi connectivity index (χ0v) is 20.3. The van der Waals surface area contributed by atoms with Crippen LogP contribution >= 0.6 is 33.2 Å². The maximum absolute atomic E-state index is 13.5. The van der Waals surface area contributed by atoms with Crippen molar-refractivity contribution in [3.63, 3.8) is 0 Å². The number of rotatable bonds is 8. The maximum atomic E-state index is 13.5. The van der Waals surface area contributed by atoms with Crippen LogP contribution in [0.3, 0.4) is 0 Å². The fraction of sp³-hybridized carbons (Fsp3) is 0.273. The van der Waals surface area contributed by atoms with E-state index in [-0.39, 0.29) is 10.0 Å². The highest BCUT2D eigenvalue weighted by Crippen LogP contribution is 2.36. The molecule has 0 atom stereocenters. The molecule has 4 aromatic rings. The lowest BCUT2D eigenvalue weighted by atomic mass is 10.2. The highest BCUT2D eigenvalue weighted by molar-refractivity contribution is 8.32. The summed E-state index contributed by atoms with van der Waals surface area (Å²) in [7, 11) is -0.573. The van der Waals surface area contributed by atoms with Crippen LogP contribution in [0.4, 0.5) is 15.9 Å². The monoisotopic (exact) mass is 495 g/mol. The molecule has 170 valence electrons. The Labute approximate surface area is 197 Å². The van der Waals surface area contributed by atoms with Crippen LogP contribution < -0.4 is 5.32 Å². The first-order valence-corrected chi connectivity index (χ1v) is 13.6. The van der Waals surface area contributed by atoms with Crippen LogP contribution in [-0.4, -0.2) is 50.5 Å². The second kappa shape index (κ2) is 9.31. The number of nitrogens with zero attached hydrogens (tertiary/aromatic N) is 4. The zero-order chi connectivity index (χ0) is 22.9. The number of ether oxygens (including phenoxy) is 1. The standard InChI is InChI=1S/C22H24Cl2FN5OS/c1-32(2,3)11-10-31-14-29-8-6-20(28-29)30-9-5-16-19(30)4-7-26-22(16)27-21-17(23)12-15(25)13-18(21)24/h4-9,12-13H,10-11,14H2,1-3H3,(H,26,27). The number of hydrogen-bond donors (Lipinski definition) is 1. The first-order chi connectivity index (χ1) is 15.2. The number of hydrogen-bond acceptors (Lipinski definition) is 4. The van der Waals surface area contributed by atoms with E-state index in [1.165, 1.54) is 12.1 Å². The molecule has 1 aromatic carbocycles. The molecule has 0 aliphatic rings. The van der Waals surface area contributed by atoms with Gasteiger partial charge >= 0.3 is 0 Å². The van der Waals surface area contributed by atoms with Gasteiger partial charge in [0.25, 0.3) is 0 Å². The summed E-state index contributed by atoms with van der Waals surface area (Å²) in [6.07, 6.45) is 12.3. The Morgan fingerprint density at radius 2 is 1.84 bits per heavy atom. The van der Waals surface area contributed by atoms with Gasteiger partial charge in [-0.3, -0.25) is 4.57 Å². The van der Waals surface area contributed by atoms with Gasteiger partial charge in [-0.2, -0.15) is 5.10 Å². The third-order valence-electron chi connectivity index (χ3n) is 4.80. The van der Waals surface area contributed by atoms with E-state index in [0.29, 0.717) is 18.2 Å². The van der Waals surface area contributed by atoms with Crippen molar-refractivity contribution in [1.82, 2.24) is 19.3 Å². The molecule has 0 fully saturated rings. The molecular formula is C22H24Cl2FN5OS. The van der Waals surface area contributed by atoms with Gasteiger partial charge in [-0.1, -0.05) is 23.2 Å². The van der Waals surface area contributed by atoms with Crippen LogP contribution in [0.1, 0.15) is 0 Å². The van der Waals surface area contributed by atoms with Crippen LogP contribution in [0.2, 0.25) is 10.0 Å². The van der Waals surface area contributed by atoms with Crippen LogP contribution in [0, 0.1) is 5.82 Å². The van der Waals surface area contributed by atoms with Crippen molar-refractivity contribution in [3.8, 4) is 5.82 Å². The summed E-state index contributed by atoms with van der Waals surface area (Å²) in [6, 6.07) is 8.17. The highest BCUT2D eigenvalue weighted by atomic mass is 35.5. The predicted octanol–water partition coefficient (Wildman–Crippen LogP) is 6.08. The minimum Gasteiger partial charge on any atom is -0.358 e. The minimum absolute atomic E-state index is 0.181. The van der Waals surface area contributed by atoms with E-state index in [4.69, 9.17) is 27.9 Å². The van der Waals surface area contributed by atoms with Crippen molar-refractivity contribution >= 4 is 55.6 Å². The molecule has 0 saturated heterocycles. The molecule has 3 aromatic heterocycles. The summed E-state index contributed by atoms with van der Waals surface area (Å²) in [4.78, 5) is 4.41. The van der Waals surface area contributed by atoms with Gasteiger partial charge in [0.2, 0.25) is 0 Å². The number of nitrogens with one attached hydrogen (secondary N) is 1. The molecule has 1 N–H and O–H groups in total. The van der Waals surface area contributed by atoms with E-state index >= 15 is 0 Å². The highest BCUT2D eigenvalue weighted by Gasteiger charge is 2.14. The Balaban J connectivity index is 1.55. The smallest absolute Gasteiger partial charge is 0.159 e. The van der Waals surface area contributed by atoms with Gasteiger partial charge in [-0.25, -0.2) is 24.1 Å². The fourth-order valence-corrected chi connectivity index (χ4v) is 4.34. The fourth-order valence-electron chi connectivity index (χ4n) is 3.16. The van der Waals surface area contributed by atoms with Crippen LogP contribution in [0.15, 0.2) is 48.9 Å². The Morgan fingerprint density at radius 1 is 1.09 bits per heavy atom. The van der Waals surface area contributed by atoms with Crippen molar-refractivity contribution < 1.29 is 9.13 Å². The second-order valence-corrected chi connectivity index (χ2v) is 13.6. The van der Waals surface area contributed by atoms with Crippen LogP contribution in [-0.2, 0) is 11.5 Å². The summed E-state index contributed by atoms with van der Waals surface area (Å²) in [5, 5.41) is 8.96. The zero-order valence-electron chi connectivity index (χ0n) is 18.0. The molecule has 6 nitrogen and oxygen atoms in total. The van der Waals surface area contributed by atoms with Crippen molar-refractivity contribution in [3.05, 3.63) is 64.8 Å². The third kappa shape index (κ3) is 5.20. The van der Waals surface area contributed by atoms with Gasteiger partial charge in [0.15, 0.2) is 5.82 Å². The average molecular weight is 496 g/mol. The Bertz CT molecular complexity index is 1230. The Kier molecular flexibility index (Phi) is 6.67. The number of fused-ring (bicyclic) bond motifs is 1. The number of anilines is 2. The summed E-state index contributed by atoms with van der Waals surface area (Å²) in [5.74, 6) is 1.89. The van der Waals surface area contributed by atoms with Gasteiger partial charge in [-0.05, 0) is 43.0 Å². The SMILES string of the molecule is CS(C)(C)CCOCn1ccc(-n2ccc3c(Nc4c(Cl)cc(F)cc4Cl)nccc32)n1. The van der Waals surface area contributed by atoms with Gasteiger partial charge in [0, 0.05) is 35.8 Å². The van der Waals surface area contributed by atoms with Gasteiger partial charge < -0.3 is 10.1 Å². The predicted molar refractivity (Wildman–Crippen MR) is 133 cm³/mol. The van der Waals surface area contributed by atoms with E-state index in [9.17, 15) is 4.39 Å². The number of benzene rings is 1. The lowest BCUT2D eigenvalue weighted by Gasteiger charge is -2.24. The molecule has 10 heteroatoms. The Hall–Kier alpha value is -2.26. The molecule has 0 aliphatic carbocycles. The number of aromatic nitrogens is 4. The van der Waals surface area contributed by atoms with E-state index in [2.05, 4.69) is 34.2 Å². The molecule has 3 heterocycles. The number of pyridine rings is 1. The van der Waals surface area contributed by atoms with Gasteiger partial charge in [-0.15, -0.1) is 0 Å². The summed E-state index contributed by atoms with van der Waals surface area (Å²) < 4.78 is 23.0. The van der Waals surface area contributed by atoms with Crippen molar-refractivity contribution in [2.24, 2.45) is 0 Å². The molecule has 0 unspecified atom stereocenters. The topological polar surface area (TPSA) is 56.9 Å². The normalized spacial score (nSPS) is 12.4. The number of halogens is 3. The van der Waals surface area contributed by atoms with Gasteiger partial charge in [0.1, 0.15) is 18.4 Å². The Morgan fingerprint density at radius 3 is 2.56 bits per heavy atom. The summed E-state index contributed by atoms with van der Waals surface area (Å²) >= 11 is 12.3. The molecule has 4 rings (SSSR count). The molecule has 0 bridgehead atoms. The average Bonchev–Trinajstić information content (AvgIpc) is 3.34. The molecule has 0 radical (unpaired) electrons. The minimum atomic E-state index is -0.573. The third-order valence-corrected chi connectivity index (χ3v) is 6.79. The van der Waals surface area contributed by atoms with Crippen LogP contribution in [0.5, 0.6) is 0 Å². The molecule has 0 spiro atoms. The quantitative estimate of drug-likeness (QED) is 0.301. The lowest BCUT2D eigenvalue weighted by Crippen LogP contribution is -2.10. The second-order valence-electron chi connectivity index (χ2n) is 8.19. The van der Waals surface area contributed by atoms with Crippen molar-refractivity contribution in [2.75, 3.05) is 36.4 Å². The summed E-state index contributed by atoms with van der Waals surface area (Å²) in [5.41, 5.74) is 1.31. The molecule has 0 saturated carbocycles. The van der Waals surface area contributed by atoms with Gasteiger partial charge in [0.05, 0.1) is 27.9 Å². The molecular weight excluding hydrogens is 472 g/mol. The first kappa shape index (κ1) is 22.9. The van der Waals surface area contributed by atoms with E-state index < -0.39 is 15.8 Å². The van der Waals surface area contributed by atoms with Crippen molar-refractivity contribution in [2.45, 2.75) is 6.73 Å². The first-order valence-electron chi connectivity index (χ1n) is 9.86. The van der Waals surface area contributed by atoms with Crippen LogP contribution in [0.25, 0.3) is 16.7 Å². The van der Waals surface area contributed by atoms with E-state index in [1.54, 1.807) is 10.9 Å². The maximum Gasteiger partial charge on any atom is 0.159 e. The molecule has 32 heavy (non-hydrogen) atoms. The lowest BCUT2D eigenvalue weighted by molar-refractivity contribution is 0.0809. The molecule has 0 aliphatic heterocycles.